The van der Waals surface area contributed by atoms with Gasteiger partial charge in [-0.3, -0.25) is 9.80 Å². The Kier molecular flexibility index (Phi) is 6.65. The molecule has 0 radical (unpaired) electrons. The predicted molar refractivity (Wildman–Crippen MR) is 99.6 cm³/mol. The molecule has 0 aromatic heterocycles. The molecule has 0 aliphatic carbocycles. The number of morpholine rings is 1. The van der Waals surface area contributed by atoms with Crippen molar-refractivity contribution in [2.75, 3.05) is 65.6 Å². The van der Waals surface area contributed by atoms with Gasteiger partial charge in [0.2, 0.25) is 10.0 Å². The van der Waals surface area contributed by atoms with Crippen molar-refractivity contribution >= 4 is 10.0 Å². The predicted octanol–water partition coefficient (Wildman–Crippen LogP) is -0.00558. The van der Waals surface area contributed by atoms with Gasteiger partial charge in [0.25, 0.3) is 0 Å². The topological polar surface area (TPSA) is 73.3 Å². The molecule has 1 aromatic rings. The van der Waals surface area contributed by atoms with E-state index >= 15 is 0 Å². The largest absolute Gasteiger partial charge is 0.390 e. The molecule has 1 aromatic carbocycles. The SMILES string of the molecule is Cc1ccc(S(=O)(=O)N2CCN(C[C@@H](O)CN3CCOCC3)CC2)cc1. The van der Waals surface area contributed by atoms with Gasteiger partial charge in [0.1, 0.15) is 0 Å². The Morgan fingerprint density at radius 2 is 1.50 bits per heavy atom. The molecule has 1 N–H and O–H groups in total. The standard InChI is InChI=1S/C18H29N3O4S/c1-16-2-4-18(5-3-16)26(23,24)21-8-6-19(7-9-21)14-17(22)15-20-10-12-25-13-11-20/h2-5,17,22H,6-15H2,1H3/t17-/m1/s1. The van der Waals surface area contributed by atoms with E-state index in [9.17, 15) is 13.5 Å². The van der Waals surface area contributed by atoms with Crippen LogP contribution in [0.15, 0.2) is 29.2 Å². The first kappa shape index (κ1) is 19.7. The molecule has 3 rings (SSSR count). The summed E-state index contributed by atoms with van der Waals surface area (Å²) in [7, 11) is -3.43. The lowest BCUT2D eigenvalue weighted by Gasteiger charge is -2.36. The van der Waals surface area contributed by atoms with Gasteiger partial charge >= 0.3 is 0 Å². The number of ether oxygens (including phenoxy) is 1. The monoisotopic (exact) mass is 383 g/mol. The lowest BCUT2D eigenvalue weighted by Crippen LogP contribution is -2.52. The molecule has 0 spiro atoms. The average molecular weight is 384 g/mol. The highest BCUT2D eigenvalue weighted by Gasteiger charge is 2.29. The number of hydrogen-bond acceptors (Lipinski definition) is 6. The second-order valence-corrected chi connectivity index (χ2v) is 9.02. The molecular formula is C18H29N3O4S. The summed E-state index contributed by atoms with van der Waals surface area (Å²) in [6, 6.07) is 6.99. The molecule has 0 bridgehead atoms. The van der Waals surface area contributed by atoms with Crippen molar-refractivity contribution in [1.82, 2.24) is 14.1 Å². The van der Waals surface area contributed by atoms with Crippen LogP contribution in [0.2, 0.25) is 0 Å². The lowest BCUT2D eigenvalue weighted by molar-refractivity contribution is 0.00469. The van der Waals surface area contributed by atoms with E-state index in [4.69, 9.17) is 4.74 Å². The zero-order chi connectivity index (χ0) is 18.6. The molecule has 8 heteroatoms. The Balaban J connectivity index is 1.48. The summed E-state index contributed by atoms with van der Waals surface area (Å²) < 4.78 is 32.3. The summed E-state index contributed by atoms with van der Waals surface area (Å²) in [5, 5.41) is 10.3. The minimum absolute atomic E-state index is 0.351. The molecule has 2 heterocycles. The molecule has 0 unspecified atom stereocenters. The highest BCUT2D eigenvalue weighted by Crippen LogP contribution is 2.18. The van der Waals surface area contributed by atoms with Crippen molar-refractivity contribution in [3.05, 3.63) is 29.8 Å². The highest BCUT2D eigenvalue weighted by molar-refractivity contribution is 7.89. The molecule has 2 fully saturated rings. The van der Waals surface area contributed by atoms with Crippen LogP contribution in [-0.2, 0) is 14.8 Å². The first-order valence-electron chi connectivity index (χ1n) is 9.22. The number of aryl methyl sites for hydroxylation is 1. The normalized spacial score (nSPS) is 22.4. The smallest absolute Gasteiger partial charge is 0.243 e. The number of sulfonamides is 1. The van der Waals surface area contributed by atoms with E-state index in [2.05, 4.69) is 9.80 Å². The van der Waals surface area contributed by atoms with Gasteiger partial charge in [-0.15, -0.1) is 0 Å². The van der Waals surface area contributed by atoms with Crippen LogP contribution in [0.1, 0.15) is 5.56 Å². The first-order valence-corrected chi connectivity index (χ1v) is 10.7. The van der Waals surface area contributed by atoms with Crippen molar-refractivity contribution in [3.8, 4) is 0 Å². The zero-order valence-electron chi connectivity index (χ0n) is 15.4. The molecule has 2 aliphatic heterocycles. The van der Waals surface area contributed by atoms with Crippen LogP contribution < -0.4 is 0 Å². The molecule has 2 aliphatic rings. The van der Waals surface area contributed by atoms with Crippen molar-refractivity contribution in [1.29, 1.82) is 0 Å². The van der Waals surface area contributed by atoms with Crippen LogP contribution in [0.5, 0.6) is 0 Å². The van der Waals surface area contributed by atoms with Crippen LogP contribution in [-0.4, -0.2) is 99.3 Å². The average Bonchev–Trinajstić information content (AvgIpc) is 2.63. The third-order valence-electron chi connectivity index (χ3n) is 5.03. The van der Waals surface area contributed by atoms with E-state index in [0.717, 1.165) is 31.9 Å². The van der Waals surface area contributed by atoms with Crippen molar-refractivity contribution in [2.24, 2.45) is 0 Å². The fraction of sp³-hybridized carbons (Fsp3) is 0.667. The Bertz CT molecular complexity index is 666. The number of piperazine rings is 1. The minimum atomic E-state index is -3.43. The van der Waals surface area contributed by atoms with Crippen molar-refractivity contribution < 1.29 is 18.3 Å². The van der Waals surface area contributed by atoms with Crippen molar-refractivity contribution in [2.45, 2.75) is 17.9 Å². The third-order valence-corrected chi connectivity index (χ3v) is 6.94. The van der Waals surface area contributed by atoms with Crippen LogP contribution in [0.3, 0.4) is 0 Å². The number of hydrogen-bond donors (Lipinski definition) is 1. The van der Waals surface area contributed by atoms with Crippen LogP contribution >= 0.6 is 0 Å². The van der Waals surface area contributed by atoms with Gasteiger partial charge in [-0.05, 0) is 19.1 Å². The maximum atomic E-state index is 12.7. The van der Waals surface area contributed by atoms with Gasteiger partial charge in [-0.25, -0.2) is 8.42 Å². The van der Waals surface area contributed by atoms with Gasteiger partial charge in [-0.2, -0.15) is 4.31 Å². The van der Waals surface area contributed by atoms with E-state index in [0.29, 0.717) is 44.2 Å². The third kappa shape index (κ3) is 5.03. The van der Waals surface area contributed by atoms with E-state index in [1.54, 1.807) is 16.4 Å². The van der Waals surface area contributed by atoms with Gasteiger partial charge in [0, 0.05) is 52.4 Å². The number of benzene rings is 1. The second-order valence-electron chi connectivity index (χ2n) is 7.08. The molecular weight excluding hydrogens is 354 g/mol. The van der Waals surface area contributed by atoms with E-state index in [1.165, 1.54) is 0 Å². The molecule has 2 saturated heterocycles. The molecule has 26 heavy (non-hydrogen) atoms. The lowest BCUT2D eigenvalue weighted by atomic mass is 10.2. The summed E-state index contributed by atoms with van der Waals surface area (Å²) in [4.78, 5) is 4.71. The van der Waals surface area contributed by atoms with Gasteiger partial charge < -0.3 is 9.84 Å². The van der Waals surface area contributed by atoms with Gasteiger partial charge in [0.15, 0.2) is 0 Å². The second kappa shape index (κ2) is 8.77. The van der Waals surface area contributed by atoms with Crippen LogP contribution in [0.4, 0.5) is 0 Å². The summed E-state index contributed by atoms with van der Waals surface area (Å²) in [5.41, 5.74) is 1.04. The number of rotatable bonds is 6. The van der Waals surface area contributed by atoms with E-state index in [-0.39, 0.29) is 0 Å². The van der Waals surface area contributed by atoms with Gasteiger partial charge in [-0.1, -0.05) is 17.7 Å². The molecule has 0 amide bonds. The first-order chi connectivity index (χ1) is 12.4. The molecule has 0 saturated carbocycles. The minimum Gasteiger partial charge on any atom is -0.390 e. The number of β-amino-alcohol motifs (C(OH)–C–C–N with tert-alkyl or cyclic N) is 1. The highest BCUT2D eigenvalue weighted by atomic mass is 32.2. The number of aliphatic hydroxyl groups excluding tert-OH is 1. The van der Waals surface area contributed by atoms with Crippen LogP contribution in [0, 0.1) is 6.92 Å². The Hall–Kier alpha value is -1.03. The quantitative estimate of drug-likeness (QED) is 0.745. The fourth-order valence-corrected chi connectivity index (χ4v) is 4.87. The van der Waals surface area contributed by atoms with Crippen LogP contribution in [0.25, 0.3) is 0 Å². The van der Waals surface area contributed by atoms with E-state index < -0.39 is 16.1 Å². The number of aliphatic hydroxyl groups is 1. The van der Waals surface area contributed by atoms with Gasteiger partial charge in [0.05, 0.1) is 24.2 Å². The number of nitrogens with zero attached hydrogens (tertiary/aromatic N) is 3. The summed E-state index contributed by atoms with van der Waals surface area (Å²) in [5.74, 6) is 0. The molecule has 146 valence electrons. The maximum Gasteiger partial charge on any atom is 0.243 e. The zero-order valence-corrected chi connectivity index (χ0v) is 16.2. The van der Waals surface area contributed by atoms with Crippen molar-refractivity contribution in [3.63, 3.8) is 0 Å². The summed E-state index contributed by atoms with van der Waals surface area (Å²) in [6.45, 7) is 8.54. The Morgan fingerprint density at radius 3 is 2.08 bits per heavy atom. The van der Waals surface area contributed by atoms with E-state index in [1.807, 2.05) is 19.1 Å². The maximum absolute atomic E-state index is 12.7. The molecule has 1 atom stereocenters. The Labute approximate surface area is 156 Å². The summed E-state index contributed by atoms with van der Waals surface area (Å²) in [6.07, 6.45) is -0.423. The summed E-state index contributed by atoms with van der Waals surface area (Å²) >= 11 is 0. The fourth-order valence-electron chi connectivity index (χ4n) is 3.45. The Morgan fingerprint density at radius 1 is 0.962 bits per heavy atom. The molecule has 7 nitrogen and oxygen atoms in total.